The molecule has 0 radical (unpaired) electrons. The van der Waals surface area contributed by atoms with Crippen LogP contribution in [0.5, 0.6) is 0 Å². The van der Waals surface area contributed by atoms with E-state index in [0.29, 0.717) is 17.6 Å². The van der Waals surface area contributed by atoms with Crippen LogP contribution in [0.15, 0.2) is 35.1 Å². The van der Waals surface area contributed by atoms with Crippen molar-refractivity contribution in [1.82, 2.24) is 9.97 Å². The predicted molar refractivity (Wildman–Crippen MR) is 92.2 cm³/mol. The van der Waals surface area contributed by atoms with Crippen molar-refractivity contribution in [1.29, 1.82) is 0 Å². The molecule has 1 unspecified atom stereocenters. The van der Waals surface area contributed by atoms with Crippen LogP contribution in [0.1, 0.15) is 36.2 Å². The van der Waals surface area contributed by atoms with Gasteiger partial charge in [-0.05, 0) is 53.9 Å². The van der Waals surface area contributed by atoms with E-state index in [-0.39, 0.29) is 5.91 Å². The molecule has 0 fully saturated rings. The lowest BCUT2D eigenvalue weighted by atomic mass is 10.2. The normalized spacial score (nSPS) is 11.8. The third kappa shape index (κ3) is 4.27. The lowest BCUT2D eigenvalue weighted by molar-refractivity contribution is 0.102. The maximum Gasteiger partial charge on any atom is 0.258 e. The first-order valence-electron chi connectivity index (χ1n) is 7.15. The van der Waals surface area contributed by atoms with Gasteiger partial charge in [-0.15, -0.1) is 0 Å². The summed E-state index contributed by atoms with van der Waals surface area (Å²) in [6, 6.07) is 6.04. The average molecular weight is 363 g/mol. The zero-order valence-electron chi connectivity index (χ0n) is 12.9. The number of hydrogen-bond donors (Lipinski definition) is 2. The molecule has 0 aliphatic carbocycles. The van der Waals surface area contributed by atoms with E-state index >= 15 is 0 Å². The summed E-state index contributed by atoms with van der Waals surface area (Å²) in [5.74, 6) is 0.294. The topological polar surface area (TPSA) is 66.9 Å². The molecule has 1 aromatic heterocycles. The molecule has 0 saturated heterocycles. The molecule has 2 rings (SSSR count). The zero-order chi connectivity index (χ0) is 16.1. The van der Waals surface area contributed by atoms with E-state index in [9.17, 15) is 4.79 Å². The quantitative estimate of drug-likeness (QED) is 0.842. The minimum absolute atomic E-state index is 0.236. The maximum absolute atomic E-state index is 12.2. The summed E-state index contributed by atoms with van der Waals surface area (Å²) in [6.45, 7) is 6.13. The fourth-order valence-corrected chi connectivity index (χ4v) is 2.35. The number of aromatic nitrogens is 2. The molecule has 0 spiro atoms. The van der Waals surface area contributed by atoms with Crippen LogP contribution < -0.4 is 10.6 Å². The van der Waals surface area contributed by atoms with Gasteiger partial charge < -0.3 is 10.6 Å². The van der Waals surface area contributed by atoms with Gasteiger partial charge in [0.25, 0.3) is 5.91 Å². The van der Waals surface area contributed by atoms with Gasteiger partial charge in [-0.1, -0.05) is 13.0 Å². The maximum atomic E-state index is 12.2. The van der Waals surface area contributed by atoms with Crippen LogP contribution in [0.2, 0.25) is 0 Å². The number of rotatable bonds is 5. The van der Waals surface area contributed by atoms with E-state index in [1.54, 1.807) is 0 Å². The summed E-state index contributed by atoms with van der Waals surface area (Å²) in [6.07, 6.45) is 4.03. The van der Waals surface area contributed by atoms with Crippen molar-refractivity contribution in [2.24, 2.45) is 0 Å². The predicted octanol–water partition coefficient (Wildman–Crippen LogP) is 4.01. The van der Waals surface area contributed by atoms with E-state index in [2.05, 4.69) is 50.4 Å². The van der Waals surface area contributed by atoms with Gasteiger partial charge in [0.15, 0.2) is 0 Å². The van der Waals surface area contributed by atoms with Crippen molar-refractivity contribution < 1.29 is 4.79 Å². The summed E-state index contributed by atoms with van der Waals surface area (Å²) in [7, 11) is 0. The number of benzene rings is 1. The van der Waals surface area contributed by atoms with Gasteiger partial charge in [-0.3, -0.25) is 4.79 Å². The number of amides is 1. The first-order chi connectivity index (χ1) is 10.5. The number of aryl methyl sites for hydroxylation is 1. The second kappa shape index (κ2) is 7.35. The summed E-state index contributed by atoms with van der Waals surface area (Å²) < 4.78 is 0.844. The Bertz CT molecular complexity index is 658. The number of nitrogens with one attached hydrogen (secondary N) is 2. The Hall–Kier alpha value is -1.95. The highest BCUT2D eigenvalue weighted by Crippen LogP contribution is 2.23. The zero-order valence-corrected chi connectivity index (χ0v) is 14.4. The van der Waals surface area contributed by atoms with E-state index in [4.69, 9.17) is 0 Å². The van der Waals surface area contributed by atoms with Crippen molar-refractivity contribution in [2.45, 2.75) is 33.2 Å². The third-order valence-electron chi connectivity index (χ3n) is 3.27. The number of nitrogens with zero attached hydrogens (tertiary/aromatic N) is 2. The number of anilines is 2. The highest BCUT2D eigenvalue weighted by Gasteiger charge is 2.10. The molecule has 0 aliphatic rings. The van der Waals surface area contributed by atoms with E-state index in [0.717, 1.165) is 22.1 Å². The van der Waals surface area contributed by atoms with Crippen LogP contribution in [0.25, 0.3) is 0 Å². The molecular weight excluding hydrogens is 344 g/mol. The van der Waals surface area contributed by atoms with Gasteiger partial charge in [-0.25, -0.2) is 9.97 Å². The SMILES string of the molecule is CCC(C)Nc1ncc(C(=O)Nc2ccc(C)cc2Br)cn1. The molecule has 22 heavy (non-hydrogen) atoms. The van der Waals surface area contributed by atoms with Gasteiger partial charge in [-0.2, -0.15) is 0 Å². The van der Waals surface area contributed by atoms with E-state index in [1.807, 2.05) is 25.1 Å². The molecule has 0 saturated carbocycles. The minimum Gasteiger partial charge on any atom is -0.352 e. The summed E-state index contributed by atoms with van der Waals surface area (Å²) in [5, 5.41) is 6.00. The molecule has 1 heterocycles. The molecule has 6 heteroatoms. The van der Waals surface area contributed by atoms with Gasteiger partial charge in [0.1, 0.15) is 0 Å². The Balaban J connectivity index is 2.06. The Labute approximate surface area is 138 Å². The van der Waals surface area contributed by atoms with Gasteiger partial charge in [0, 0.05) is 22.9 Å². The van der Waals surface area contributed by atoms with Crippen molar-refractivity contribution >= 4 is 33.5 Å². The van der Waals surface area contributed by atoms with Gasteiger partial charge >= 0.3 is 0 Å². The number of carbonyl (C=O) groups is 1. The van der Waals surface area contributed by atoms with Crippen LogP contribution in [0.4, 0.5) is 11.6 Å². The Morgan fingerprint density at radius 2 is 2.00 bits per heavy atom. The third-order valence-corrected chi connectivity index (χ3v) is 3.93. The van der Waals surface area contributed by atoms with Crippen LogP contribution in [-0.4, -0.2) is 21.9 Å². The highest BCUT2D eigenvalue weighted by atomic mass is 79.9. The van der Waals surface area contributed by atoms with Gasteiger partial charge in [0.05, 0.1) is 11.3 Å². The fraction of sp³-hybridized carbons (Fsp3) is 0.312. The molecular formula is C16H19BrN4O. The molecule has 2 aromatic rings. The lowest BCUT2D eigenvalue weighted by Crippen LogP contribution is -2.17. The Morgan fingerprint density at radius 1 is 1.32 bits per heavy atom. The van der Waals surface area contributed by atoms with Crippen molar-refractivity contribution in [2.75, 3.05) is 10.6 Å². The highest BCUT2D eigenvalue weighted by molar-refractivity contribution is 9.10. The summed E-state index contributed by atoms with van der Waals surface area (Å²) >= 11 is 3.44. The fourth-order valence-electron chi connectivity index (χ4n) is 1.76. The minimum atomic E-state index is -0.236. The average Bonchev–Trinajstić information content (AvgIpc) is 2.50. The molecule has 0 bridgehead atoms. The molecule has 1 amide bonds. The van der Waals surface area contributed by atoms with Crippen LogP contribution in [0.3, 0.4) is 0 Å². The first-order valence-corrected chi connectivity index (χ1v) is 7.95. The molecule has 116 valence electrons. The summed E-state index contributed by atoms with van der Waals surface area (Å²) in [4.78, 5) is 20.6. The molecule has 1 aromatic carbocycles. The molecule has 5 nitrogen and oxygen atoms in total. The Morgan fingerprint density at radius 3 is 2.59 bits per heavy atom. The Kier molecular flexibility index (Phi) is 5.49. The second-order valence-electron chi connectivity index (χ2n) is 5.19. The van der Waals surface area contributed by atoms with Crippen molar-refractivity contribution in [3.63, 3.8) is 0 Å². The van der Waals surface area contributed by atoms with Crippen molar-refractivity contribution in [3.8, 4) is 0 Å². The smallest absolute Gasteiger partial charge is 0.258 e. The second-order valence-corrected chi connectivity index (χ2v) is 6.04. The van der Waals surface area contributed by atoms with E-state index in [1.165, 1.54) is 12.4 Å². The number of carbonyl (C=O) groups excluding carboxylic acids is 1. The van der Waals surface area contributed by atoms with Crippen LogP contribution in [-0.2, 0) is 0 Å². The number of halogens is 1. The van der Waals surface area contributed by atoms with E-state index < -0.39 is 0 Å². The monoisotopic (exact) mass is 362 g/mol. The van der Waals surface area contributed by atoms with Gasteiger partial charge in [0.2, 0.25) is 5.95 Å². The molecule has 1 atom stereocenters. The summed E-state index contributed by atoms with van der Waals surface area (Å²) in [5.41, 5.74) is 2.26. The molecule has 2 N–H and O–H groups in total. The largest absolute Gasteiger partial charge is 0.352 e. The first kappa shape index (κ1) is 16.4. The van der Waals surface area contributed by atoms with Crippen LogP contribution >= 0.6 is 15.9 Å². The van der Waals surface area contributed by atoms with Crippen LogP contribution in [0, 0.1) is 6.92 Å². The van der Waals surface area contributed by atoms with Crippen molar-refractivity contribution in [3.05, 3.63) is 46.2 Å². The number of hydrogen-bond acceptors (Lipinski definition) is 4. The standard InChI is InChI=1S/C16H19BrN4O/c1-4-11(3)20-16-18-8-12(9-19-16)15(22)21-14-6-5-10(2)7-13(14)17/h5-9,11H,4H2,1-3H3,(H,21,22)(H,18,19,20). The molecule has 0 aliphatic heterocycles. The lowest BCUT2D eigenvalue weighted by Gasteiger charge is -2.11.